The Morgan fingerprint density at radius 3 is 3.00 bits per heavy atom. The first kappa shape index (κ1) is 17.7. The first-order valence-electron chi connectivity index (χ1n) is 8.41. The van der Waals surface area contributed by atoms with E-state index < -0.39 is 0 Å². The molecule has 0 spiro atoms. The molecule has 9 heteroatoms. The summed E-state index contributed by atoms with van der Waals surface area (Å²) in [6.07, 6.45) is 0. The van der Waals surface area contributed by atoms with Crippen LogP contribution < -0.4 is 5.32 Å². The van der Waals surface area contributed by atoms with Crippen LogP contribution >= 0.6 is 23.1 Å². The maximum Gasteiger partial charge on any atom is 0.234 e. The van der Waals surface area contributed by atoms with Crippen molar-refractivity contribution in [3.8, 4) is 10.7 Å². The van der Waals surface area contributed by atoms with Gasteiger partial charge in [-0.1, -0.05) is 17.8 Å². The van der Waals surface area contributed by atoms with Crippen molar-refractivity contribution in [2.75, 3.05) is 11.1 Å². The van der Waals surface area contributed by atoms with Crippen LogP contribution in [0.25, 0.3) is 21.8 Å². The lowest BCUT2D eigenvalue weighted by atomic mass is 10.3. The lowest BCUT2D eigenvalue weighted by Gasteiger charge is -2.07. The van der Waals surface area contributed by atoms with Gasteiger partial charge in [0.1, 0.15) is 5.52 Å². The minimum Gasteiger partial charge on any atom is -0.441 e. The number of benzene rings is 1. The van der Waals surface area contributed by atoms with Gasteiger partial charge in [-0.25, -0.2) is 4.98 Å². The Morgan fingerprint density at radius 1 is 1.33 bits per heavy atom. The van der Waals surface area contributed by atoms with Gasteiger partial charge in [0.25, 0.3) is 0 Å². The highest BCUT2D eigenvalue weighted by atomic mass is 32.2. The molecule has 1 aromatic carbocycles. The standard InChI is InChI=1S/C18H17N5O2S2/c1-3-23-17(15-5-4-8-26-15)21-22-18(23)27-10-16(24)20-12-6-7-14-13(9-12)19-11(2)25-14/h4-9H,3,10H2,1-2H3,(H,20,24). The molecule has 0 saturated carbocycles. The fourth-order valence-electron chi connectivity index (χ4n) is 2.72. The zero-order chi connectivity index (χ0) is 18.8. The van der Waals surface area contributed by atoms with Crippen molar-refractivity contribution in [1.29, 1.82) is 0 Å². The number of oxazole rings is 1. The number of anilines is 1. The van der Waals surface area contributed by atoms with Gasteiger partial charge in [-0.2, -0.15) is 0 Å². The molecule has 3 aromatic heterocycles. The van der Waals surface area contributed by atoms with Crippen LogP contribution in [0.4, 0.5) is 5.69 Å². The molecule has 0 atom stereocenters. The monoisotopic (exact) mass is 399 g/mol. The van der Waals surface area contributed by atoms with E-state index in [1.165, 1.54) is 11.8 Å². The van der Waals surface area contributed by atoms with E-state index in [2.05, 4.69) is 20.5 Å². The van der Waals surface area contributed by atoms with Gasteiger partial charge < -0.3 is 14.3 Å². The molecule has 0 aliphatic carbocycles. The minimum atomic E-state index is -0.108. The van der Waals surface area contributed by atoms with Gasteiger partial charge in [-0.3, -0.25) is 4.79 Å². The smallest absolute Gasteiger partial charge is 0.234 e. The van der Waals surface area contributed by atoms with Gasteiger partial charge in [0, 0.05) is 19.2 Å². The van der Waals surface area contributed by atoms with Crippen molar-refractivity contribution in [1.82, 2.24) is 19.7 Å². The SMILES string of the molecule is CCn1c(SCC(=O)Nc2ccc3oc(C)nc3c2)nnc1-c1cccs1. The van der Waals surface area contributed by atoms with E-state index in [0.717, 1.165) is 27.9 Å². The summed E-state index contributed by atoms with van der Waals surface area (Å²) in [6, 6.07) is 9.42. The van der Waals surface area contributed by atoms with Crippen LogP contribution in [0.15, 0.2) is 45.3 Å². The molecule has 7 nitrogen and oxygen atoms in total. The van der Waals surface area contributed by atoms with Crippen molar-refractivity contribution < 1.29 is 9.21 Å². The first-order valence-corrected chi connectivity index (χ1v) is 10.3. The topological polar surface area (TPSA) is 85.8 Å². The molecule has 4 aromatic rings. The third-order valence-electron chi connectivity index (χ3n) is 3.89. The maximum atomic E-state index is 12.3. The highest BCUT2D eigenvalue weighted by Crippen LogP contribution is 2.27. The van der Waals surface area contributed by atoms with E-state index in [1.807, 2.05) is 29.0 Å². The number of hydrogen-bond acceptors (Lipinski definition) is 7. The Balaban J connectivity index is 1.43. The van der Waals surface area contributed by atoms with Crippen molar-refractivity contribution in [2.45, 2.75) is 25.5 Å². The van der Waals surface area contributed by atoms with Gasteiger partial charge in [0.05, 0.1) is 10.6 Å². The summed E-state index contributed by atoms with van der Waals surface area (Å²) >= 11 is 2.99. The Labute approximate surface area is 163 Å². The van der Waals surface area contributed by atoms with Crippen molar-refractivity contribution >= 4 is 45.8 Å². The Morgan fingerprint density at radius 2 is 2.22 bits per heavy atom. The van der Waals surface area contributed by atoms with Gasteiger partial charge in [-0.15, -0.1) is 21.5 Å². The third-order valence-corrected chi connectivity index (χ3v) is 5.72. The number of carbonyl (C=O) groups is 1. The summed E-state index contributed by atoms with van der Waals surface area (Å²) in [6.45, 7) is 4.58. The van der Waals surface area contributed by atoms with Crippen LogP contribution in [0.2, 0.25) is 0 Å². The summed E-state index contributed by atoms with van der Waals surface area (Å²) in [5.74, 6) is 1.58. The van der Waals surface area contributed by atoms with Crippen LogP contribution in [0, 0.1) is 6.92 Å². The second kappa shape index (κ2) is 7.53. The van der Waals surface area contributed by atoms with E-state index >= 15 is 0 Å². The van der Waals surface area contributed by atoms with Gasteiger partial charge in [0.15, 0.2) is 22.5 Å². The molecule has 4 rings (SSSR count). The van der Waals surface area contributed by atoms with Gasteiger partial charge in [0.2, 0.25) is 5.91 Å². The first-order chi connectivity index (χ1) is 13.1. The number of nitrogens with one attached hydrogen (secondary N) is 1. The van der Waals surface area contributed by atoms with E-state index in [0.29, 0.717) is 17.2 Å². The molecule has 27 heavy (non-hydrogen) atoms. The van der Waals surface area contributed by atoms with Crippen LogP contribution in [-0.2, 0) is 11.3 Å². The Hall–Kier alpha value is -2.65. The van der Waals surface area contributed by atoms with Gasteiger partial charge in [-0.05, 0) is 36.6 Å². The summed E-state index contributed by atoms with van der Waals surface area (Å²) in [5.41, 5.74) is 2.12. The summed E-state index contributed by atoms with van der Waals surface area (Å²) in [5, 5.41) is 14.2. The number of fused-ring (bicyclic) bond motifs is 1. The molecular weight excluding hydrogens is 382 g/mol. The number of aromatic nitrogens is 4. The molecule has 0 bridgehead atoms. The third kappa shape index (κ3) is 3.74. The zero-order valence-corrected chi connectivity index (χ0v) is 16.4. The minimum absolute atomic E-state index is 0.108. The molecule has 0 aliphatic heterocycles. The number of hydrogen-bond donors (Lipinski definition) is 1. The lowest BCUT2D eigenvalue weighted by Crippen LogP contribution is -2.14. The number of amides is 1. The van der Waals surface area contributed by atoms with Crippen molar-refractivity contribution in [3.05, 3.63) is 41.6 Å². The molecule has 0 radical (unpaired) electrons. The molecule has 0 fully saturated rings. The largest absolute Gasteiger partial charge is 0.441 e. The molecule has 0 saturated heterocycles. The number of carbonyl (C=O) groups excluding carboxylic acids is 1. The van der Waals surface area contributed by atoms with E-state index in [4.69, 9.17) is 4.42 Å². The molecule has 0 aliphatic rings. The molecule has 1 amide bonds. The lowest BCUT2D eigenvalue weighted by molar-refractivity contribution is -0.113. The summed E-state index contributed by atoms with van der Waals surface area (Å²) in [7, 11) is 0. The van der Waals surface area contributed by atoms with E-state index in [1.54, 1.807) is 36.5 Å². The van der Waals surface area contributed by atoms with Crippen molar-refractivity contribution in [3.63, 3.8) is 0 Å². The number of rotatable bonds is 6. The molecular formula is C18H17N5O2S2. The second-order valence-corrected chi connectivity index (χ2v) is 7.67. The highest BCUT2D eigenvalue weighted by molar-refractivity contribution is 7.99. The number of nitrogens with zero attached hydrogens (tertiary/aromatic N) is 4. The fraction of sp³-hybridized carbons (Fsp3) is 0.222. The normalized spacial score (nSPS) is 11.2. The number of thiophene rings is 1. The second-order valence-electron chi connectivity index (χ2n) is 5.78. The molecule has 138 valence electrons. The predicted octanol–water partition coefficient (Wildman–Crippen LogP) is 4.21. The Kier molecular flexibility index (Phi) is 4.95. The average Bonchev–Trinajstić information content (AvgIpc) is 3.37. The molecule has 3 heterocycles. The number of thioether (sulfide) groups is 1. The van der Waals surface area contributed by atoms with Crippen LogP contribution in [0.1, 0.15) is 12.8 Å². The van der Waals surface area contributed by atoms with E-state index in [9.17, 15) is 4.79 Å². The van der Waals surface area contributed by atoms with Crippen LogP contribution in [0.5, 0.6) is 0 Å². The van der Waals surface area contributed by atoms with Crippen molar-refractivity contribution in [2.24, 2.45) is 0 Å². The molecule has 1 N–H and O–H groups in total. The van der Waals surface area contributed by atoms with Crippen LogP contribution in [-0.4, -0.2) is 31.4 Å². The highest BCUT2D eigenvalue weighted by Gasteiger charge is 2.15. The predicted molar refractivity (Wildman–Crippen MR) is 107 cm³/mol. The van der Waals surface area contributed by atoms with E-state index in [-0.39, 0.29) is 11.7 Å². The molecule has 0 unspecified atom stereocenters. The zero-order valence-electron chi connectivity index (χ0n) is 14.8. The van der Waals surface area contributed by atoms with Crippen LogP contribution in [0.3, 0.4) is 0 Å². The Bertz CT molecular complexity index is 1080. The van der Waals surface area contributed by atoms with Gasteiger partial charge >= 0.3 is 0 Å². The summed E-state index contributed by atoms with van der Waals surface area (Å²) < 4.78 is 7.47. The summed E-state index contributed by atoms with van der Waals surface area (Å²) in [4.78, 5) is 17.7. The average molecular weight is 400 g/mol. The quantitative estimate of drug-likeness (QED) is 0.489. The maximum absolute atomic E-state index is 12.3. The fourth-order valence-corrected chi connectivity index (χ4v) is 4.24. The number of aryl methyl sites for hydroxylation is 1.